The molecule has 3 rings (SSSR count). The minimum absolute atomic E-state index is 0.182. The number of aromatic hydroxyl groups is 2. The van der Waals surface area contributed by atoms with Gasteiger partial charge in [-0.25, -0.2) is 4.79 Å². The van der Waals surface area contributed by atoms with Gasteiger partial charge in [0.25, 0.3) is 0 Å². The summed E-state index contributed by atoms with van der Waals surface area (Å²) in [5.41, 5.74) is 3.31. The number of thioether (sulfide) groups is 2. The van der Waals surface area contributed by atoms with Crippen molar-refractivity contribution in [1.29, 1.82) is 0 Å². The van der Waals surface area contributed by atoms with Crippen molar-refractivity contribution in [3.8, 4) is 11.5 Å². The van der Waals surface area contributed by atoms with E-state index in [2.05, 4.69) is 32.9 Å². The Kier molecular flexibility index (Phi) is 11.6. The van der Waals surface area contributed by atoms with E-state index in [1.807, 2.05) is 24.3 Å². The van der Waals surface area contributed by atoms with Crippen molar-refractivity contribution >= 4 is 29.6 Å². The molecular formula is C33H39NO4S2. The lowest BCUT2D eigenvalue weighted by atomic mass is 10.0. The van der Waals surface area contributed by atoms with E-state index in [1.165, 1.54) is 0 Å². The van der Waals surface area contributed by atoms with Gasteiger partial charge in [-0.1, -0.05) is 37.0 Å². The number of piperidine rings is 1. The second-order valence-corrected chi connectivity index (χ2v) is 12.8. The third kappa shape index (κ3) is 7.89. The second-order valence-electron chi connectivity index (χ2n) is 9.62. The molecule has 7 heteroatoms. The lowest BCUT2D eigenvalue weighted by Crippen LogP contribution is -2.44. The molecule has 5 nitrogen and oxygen atoms in total. The molecule has 1 aliphatic rings. The number of hydrogen-bond donors (Lipinski definition) is 2. The average molecular weight is 578 g/mol. The average Bonchev–Trinajstić information content (AvgIpc) is 2.93. The van der Waals surface area contributed by atoms with Gasteiger partial charge in [0.05, 0.1) is 4.08 Å². The number of nitrogens with zero attached hydrogens (tertiary/aromatic N) is 1. The van der Waals surface area contributed by atoms with Crippen molar-refractivity contribution in [2.75, 3.05) is 19.7 Å². The smallest absolute Gasteiger partial charge is 0.410 e. The fourth-order valence-corrected chi connectivity index (χ4v) is 7.91. The minimum Gasteiger partial charge on any atom is -0.507 e. The Morgan fingerprint density at radius 1 is 0.750 bits per heavy atom. The maximum absolute atomic E-state index is 12.6. The molecule has 0 bridgehead atoms. The number of ether oxygens (including phenoxy) is 1. The van der Waals surface area contributed by atoms with E-state index < -0.39 is 0 Å². The molecule has 1 amide bonds. The molecule has 2 aromatic carbocycles. The molecule has 1 aliphatic heterocycles. The highest BCUT2D eigenvalue weighted by Crippen LogP contribution is 2.53. The van der Waals surface area contributed by atoms with Crippen molar-refractivity contribution in [1.82, 2.24) is 4.90 Å². The number of rotatable bonds is 14. The molecule has 1 saturated heterocycles. The van der Waals surface area contributed by atoms with Crippen LogP contribution in [-0.4, -0.2) is 45.0 Å². The quantitative estimate of drug-likeness (QED) is 0.175. The molecule has 212 valence electrons. The minimum atomic E-state index is -0.333. The van der Waals surface area contributed by atoms with Gasteiger partial charge in [-0.05, 0) is 85.0 Å². The Labute approximate surface area is 247 Å². The van der Waals surface area contributed by atoms with Gasteiger partial charge in [0.15, 0.2) is 0 Å². The Morgan fingerprint density at radius 2 is 1.12 bits per heavy atom. The van der Waals surface area contributed by atoms with Crippen LogP contribution in [0.1, 0.15) is 35.1 Å². The number of phenols is 2. The van der Waals surface area contributed by atoms with Crippen LogP contribution in [0.2, 0.25) is 0 Å². The predicted molar refractivity (Wildman–Crippen MR) is 169 cm³/mol. The fraction of sp³-hybridized carbons (Fsp3) is 0.303. The summed E-state index contributed by atoms with van der Waals surface area (Å²) in [5.74, 6) is 0.569. The number of phenolic OH excluding ortho intramolecular Hbond substituents is 2. The number of likely N-dealkylation sites (tertiary alicyclic amines) is 1. The van der Waals surface area contributed by atoms with Gasteiger partial charge in [-0.15, -0.1) is 49.8 Å². The molecular weight excluding hydrogens is 539 g/mol. The van der Waals surface area contributed by atoms with Gasteiger partial charge >= 0.3 is 6.09 Å². The highest BCUT2D eigenvalue weighted by molar-refractivity contribution is 8.18. The van der Waals surface area contributed by atoms with E-state index in [0.29, 0.717) is 51.6 Å². The van der Waals surface area contributed by atoms with Gasteiger partial charge in [-0.2, -0.15) is 0 Å². The molecule has 40 heavy (non-hydrogen) atoms. The number of amides is 1. The van der Waals surface area contributed by atoms with Gasteiger partial charge in [0, 0.05) is 22.9 Å². The molecule has 1 fully saturated rings. The third-order valence-electron chi connectivity index (χ3n) is 6.66. The monoisotopic (exact) mass is 577 g/mol. The summed E-state index contributed by atoms with van der Waals surface area (Å²) in [4.78, 5) is 16.4. The van der Waals surface area contributed by atoms with E-state index in [1.54, 1.807) is 58.8 Å². The van der Waals surface area contributed by atoms with Crippen LogP contribution in [-0.2, 0) is 30.4 Å². The van der Waals surface area contributed by atoms with Crippen molar-refractivity contribution in [2.24, 2.45) is 0 Å². The van der Waals surface area contributed by atoms with Gasteiger partial charge in [0.2, 0.25) is 0 Å². The van der Waals surface area contributed by atoms with Crippen molar-refractivity contribution < 1.29 is 19.7 Å². The SMILES string of the molecule is C=CCOC(=O)N1CCC(Sc2cc(CC=C)c(O)c(CC=C)c2)(Sc2cc(CC=C)c(O)c(CC=C)c2)CC1. The number of allylic oxidation sites excluding steroid dienone is 4. The predicted octanol–water partition coefficient (Wildman–Crippen LogP) is 8.01. The maximum Gasteiger partial charge on any atom is 0.410 e. The van der Waals surface area contributed by atoms with Gasteiger partial charge < -0.3 is 19.8 Å². The molecule has 0 saturated carbocycles. The summed E-state index contributed by atoms with van der Waals surface area (Å²) >= 11 is 3.51. The zero-order valence-electron chi connectivity index (χ0n) is 23.1. The number of benzene rings is 2. The Balaban J connectivity index is 2.02. The van der Waals surface area contributed by atoms with Crippen molar-refractivity contribution in [3.63, 3.8) is 0 Å². The molecule has 0 spiro atoms. The van der Waals surface area contributed by atoms with Gasteiger partial charge in [0.1, 0.15) is 18.1 Å². The van der Waals surface area contributed by atoms with E-state index in [-0.39, 0.29) is 28.3 Å². The highest BCUT2D eigenvalue weighted by atomic mass is 32.2. The summed E-state index contributed by atoms with van der Waals surface area (Å²) < 4.78 is 4.99. The van der Waals surface area contributed by atoms with E-state index in [0.717, 1.165) is 32.0 Å². The van der Waals surface area contributed by atoms with Crippen LogP contribution in [0.3, 0.4) is 0 Å². The molecule has 0 atom stereocenters. The second kappa shape index (κ2) is 14.9. The molecule has 1 heterocycles. The zero-order valence-corrected chi connectivity index (χ0v) is 24.7. The first-order valence-electron chi connectivity index (χ1n) is 13.3. The standard InChI is InChI=1S/C33H39NO4S2/c1-6-11-24-20-28(21-25(12-7-2)30(24)35)39-33(15-17-34(18-16-33)32(37)38-19-10-5)40-29-22-26(13-8-3)31(36)27(23-29)14-9-4/h6-10,20-23,35-36H,1-5,11-19H2. The summed E-state index contributed by atoms with van der Waals surface area (Å²) in [7, 11) is 0. The Hall–Kier alpha value is -3.29. The zero-order chi connectivity index (χ0) is 29.1. The van der Waals surface area contributed by atoms with E-state index in [9.17, 15) is 15.0 Å². The number of carbonyl (C=O) groups excluding carboxylic acids is 1. The summed E-state index contributed by atoms with van der Waals surface area (Å²) in [6.07, 6.45) is 12.1. The Bertz CT molecular complexity index is 1120. The topological polar surface area (TPSA) is 70.0 Å². The van der Waals surface area contributed by atoms with E-state index in [4.69, 9.17) is 4.74 Å². The van der Waals surface area contributed by atoms with Crippen LogP contribution in [0.25, 0.3) is 0 Å². The largest absolute Gasteiger partial charge is 0.507 e. The van der Waals surface area contributed by atoms with Crippen molar-refractivity contribution in [2.45, 2.75) is 52.4 Å². The molecule has 0 aliphatic carbocycles. The van der Waals surface area contributed by atoms with Crippen LogP contribution in [0, 0.1) is 0 Å². The Morgan fingerprint density at radius 3 is 1.45 bits per heavy atom. The lowest BCUT2D eigenvalue weighted by Gasteiger charge is -2.40. The number of carbonyl (C=O) groups is 1. The molecule has 0 radical (unpaired) electrons. The first-order chi connectivity index (χ1) is 19.3. The molecule has 2 aromatic rings. The van der Waals surface area contributed by atoms with E-state index >= 15 is 0 Å². The highest BCUT2D eigenvalue weighted by Gasteiger charge is 2.39. The maximum atomic E-state index is 12.6. The fourth-order valence-electron chi connectivity index (χ4n) is 4.72. The third-order valence-corrected chi connectivity index (χ3v) is 9.66. The first-order valence-corrected chi connectivity index (χ1v) is 15.0. The summed E-state index contributed by atoms with van der Waals surface area (Å²) in [5, 5.41) is 21.6. The lowest BCUT2D eigenvalue weighted by molar-refractivity contribution is 0.104. The van der Waals surface area contributed by atoms with Crippen LogP contribution in [0.5, 0.6) is 11.5 Å². The summed E-state index contributed by atoms with van der Waals surface area (Å²) in [6, 6.07) is 8.13. The van der Waals surface area contributed by atoms with Gasteiger partial charge in [-0.3, -0.25) is 0 Å². The molecule has 0 aromatic heterocycles. The first kappa shape index (κ1) is 31.2. The van der Waals surface area contributed by atoms with Crippen molar-refractivity contribution in [3.05, 3.63) is 110 Å². The normalized spacial score (nSPS) is 14.2. The van der Waals surface area contributed by atoms with Crippen LogP contribution in [0.15, 0.2) is 97.3 Å². The van der Waals surface area contributed by atoms with Crippen LogP contribution < -0.4 is 0 Å². The number of hydrogen-bond acceptors (Lipinski definition) is 6. The van der Waals surface area contributed by atoms with Crippen LogP contribution in [0.4, 0.5) is 4.79 Å². The molecule has 2 N–H and O–H groups in total. The molecule has 0 unspecified atom stereocenters. The summed E-state index contributed by atoms with van der Waals surface area (Å²) in [6.45, 7) is 20.3. The van der Waals surface area contributed by atoms with Crippen LogP contribution >= 0.6 is 23.5 Å².